The zero-order chi connectivity index (χ0) is 18.6. The van der Waals surface area contributed by atoms with Crippen LogP contribution in [-0.2, 0) is 12.8 Å². The van der Waals surface area contributed by atoms with Gasteiger partial charge in [-0.2, -0.15) is 5.10 Å². The van der Waals surface area contributed by atoms with Crippen LogP contribution in [0, 0.1) is 0 Å². The van der Waals surface area contributed by atoms with Crippen LogP contribution in [0.1, 0.15) is 21.5 Å². The monoisotopic (exact) mass is 359 g/mol. The molecule has 0 saturated carbocycles. The normalized spacial score (nSPS) is 10.8. The summed E-state index contributed by atoms with van der Waals surface area (Å²) in [6, 6.07) is 17.3. The van der Waals surface area contributed by atoms with Gasteiger partial charge < -0.3 is 5.32 Å². The highest BCUT2D eigenvalue weighted by Gasteiger charge is 2.14. The van der Waals surface area contributed by atoms with Crippen LogP contribution >= 0.6 is 0 Å². The molecule has 4 rings (SSSR count). The fourth-order valence-corrected chi connectivity index (χ4v) is 2.93. The lowest BCUT2D eigenvalue weighted by Gasteiger charge is -2.07. The van der Waals surface area contributed by atoms with Gasteiger partial charge in [0.25, 0.3) is 5.91 Å². The van der Waals surface area contributed by atoms with Crippen LogP contribution in [-0.4, -0.2) is 25.5 Å². The van der Waals surface area contributed by atoms with Crippen molar-refractivity contribution >= 4 is 17.4 Å². The van der Waals surface area contributed by atoms with Crippen molar-refractivity contribution in [3.63, 3.8) is 0 Å². The average molecular weight is 359 g/mol. The zero-order valence-electron chi connectivity index (χ0n) is 14.4. The smallest absolute Gasteiger partial charge is 0.306 e. The maximum absolute atomic E-state index is 12.6. The van der Waals surface area contributed by atoms with Crippen molar-refractivity contribution in [1.82, 2.24) is 19.6 Å². The summed E-state index contributed by atoms with van der Waals surface area (Å²) in [6.07, 6.45) is 4.99. The van der Waals surface area contributed by atoms with Gasteiger partial charge in [-0.15, -0.1) is 0 Å². The van der Waals surface area contributed by atoms with Crippen LogP contribution in [0.15, 0.2) is 71.8 Å². The molecule has 0 unspecified atom stereocenters. The topological polar surface area (TPSA) is 92.2 Å². The molecule has 3 heterocycles. The number of hydrogen-bond acceptors (Lipinski definition) is 4. The standard InChI is InChI=1S/C20H17N5O2/c26-19(16-7-4-12-25-18(16)23-24-20(25)27)22-17-13-15(10-11-21-17)9-8-14-5-2-1-3-6-14/h1-7,10-13H,8-9H2,(H,24,27)(H,21,22,26). The number of carbonyl (C=O) groups is 1. The minimum absolute atomic E-state index is 0.278. The molecule has 7 nitrogen and oxygen atoms in total. The van der Waals surface area contributed by atoms with Crippen molar-refractivity contribution in [2.24, 2.45) is 0 Å². The Balaban J connectivity index is 1.50. The quantitative estimate of drug-likeness (QED) is 0.572. The van der Waals surface area contributed by atoms with Crippen molar-refractivity contribution in [1.29, 1.82) is 0 Å². The maximum Gasteiger partial charge on any atom is 0.347 e. The molecule has 3 aromatic heterocycles. The van der Waals surface area contributed by atoms with E-state index in [-0.39, 0.29) is 17.2 Å². The summed E-state index contributed by atoms with van der Waals surface area (Å²) in [4.78, 5) is 28.5. The van der Waals surface area contributed by atoms with E-state index < -0.39 is 0 Å². The molecule has 2 N–H and O–H groups in total. The molecule has 0 aliphatic heterocycles. The number of carbonyl (C=O) groups excluding carboxylic acids is 1. The average Bonchev–Trinajstić information content (AvgIpc) is 3.09. The molecule has 0 bridgehead atoms. The Morgan fingerprint density at radius 3 is 2.70 bits per heavy atom. The third-order valence-corrected chi connectivity index (χ3v) is 4.30. The van der Waals surface area contributed by atoms with Gasteiger partial charge in [0.2, 0.25) is 0 Å². The summed E-state index contributed by atoms with van der Waals surface area (Å²) in [7, 11) is 0. The first-order valence-corrected chi connectivity index (χ1v) is 8.57. The molecule has 1 aromatic carbocycles. The number of nitrogens with zero attached hydrogens (tertiary/aromatic N) is 3. The van der Waals surface area contributed by atoms with Crippen LogP contribution in [0.3, 0.4) is 0 Å². The summed E-state index contributed by atoms with van der Waals surface area (Å²) in [5, 5.41) is 9.02. The van der Waals surface area contributed by atoms with E-state index in [1.807, 2.05) is 30.3 Å². The Hall–Kier alpha value is -3.74. The zero-order valence-corrected chi connectivity index (χ0v) is 14.4. The van der Waals surface area contributed by atoms with E-state index in [0.717, 1.165) is 18.4 Å². The van der Waals surface area contributed by atoms with Crippen molar-refractivity contribution in [2.75, 3.05) is 5.32 Å². The number of hydrogen-bond donors (Lipinski definition) is 2. The van der Waals surface area contributed by atoms with E-state index >= 15 is 0 Å². The van der Waals surface area contributed by atoms with E-state index in [0.29, 0.717) is 11.4 Å². The Morgan fingerprint density at radius 2 is 1.85 bits per heavy atom. The lowest BCUT2D eigenvalue weighted by Crippen LogP contribution is -2.16. The van der Waals surface area contributed by atoms with Gasteiger partial charge in [0, 0.05) is 12.4 Å². The van der Waals surface area contributed by atoms with Crippen molar-refractivity contribution in [2.45, 2.75) is 12.8 Å². The first kappa shape index (κ1) is 16.7. The van der Waals surface area contributed by atoms with Gasteiger partial charge in [-0.3, -0.25) is 4.79 Å². The van der Waals surface area contributed by atoms with Gasteiger partial charge in [0.1, 0.15) is 5.82 Å². The molecule has 0 aliphatic rings. The van der Waals surface area contributed by atoms with Crippen molar-refractivity contribution in [3.05, 3.63) is 94.2 Å². The van der Waals surface area contributed by atoms with E-state index in [1.165, 1.54) is 9.96 Å². The van der Waals surface area contributed by atoms with E-state index in [9.17, 15) is 9.59 Å². The molecule has 7 heteroatoms. The van der Waals surface area contributed by atoms with Crippen molar-refractivity contribution in [3.8, 4) is 0 Å². The van der Waals surface area contributed by atoms with Gasteiger partial charge >= 0.3 is 5.69 Å². The fourth-order valence-electron chi connectivity index (χ4n) is 2.93. The van der Waals surface area contributed by atoms with Crippen LogP contribution in [0.25, 0.3) is 5.65 Å². The number of amides is 1. The molecule has 0 atom stereocenters. The minimum atomic E-state index is -0.388. The predicted molar refractivity (Wildman–Crippen MR) is 102 cm³/mol. The highest BCUT2D eigenvalue weighted by Crippen LogP contribution is 2.13. The summed E-state index contributed by atoms with van der Waals surface area (Å²) < 4.78 is 1.29. The Bertz CT molecular complexity index is 1150. The maximum atomic E-state index is 12.6. The Kier molecular flexibility index (Phi) is 4.49. The molecule has 0 saturated heterocycles. The predicted octanol–water partition coefficient (Wildman–Crippen LogP) is 2.46. The lowest BCUT2D eigenvalue weighted by molar-refractivity contribution is 0.102. The highest BCUT2D eigenvalue weighted by atomic mass is 16.2. The Labute approximate surface area is 154 Å². The highest BCUT2D eigenvalue weighted by molar-refractivity contribution is 6.07. The van der Waals surface area contributed by atoms with Crippen molar-refractivity contribution < 1.29 is 4.79 Å². The molecule has 0 aliphatic carbocycles. The van der Waals surface area contributed by atoms with Crippen LogP contribution in [0.4, 0.5) is 5.82 Å². The molecular formula is C20H17N5O2. The first-order chi connectivity index (χ1) is 13.2. The molecule has 4 aromatic rings. The third kappa shape index (κ3) is 3.62. The summed E-state index contributed by atoms with van der Waals surface area (Å²) in [5.41, 5.74) is 2.53. The number of H-pyrrole nitrogens is 1. The second-order valence-corrected chi connectivity index (χ2v) is 6.13. The summed E-state index contributed by atoms with van der Waals surface area (Å²) >= 11 is 0. The largest absolute Gasteiger partial charge is 0.347 e. The first-order valence-electron chi connectivity index (χ1n) is 8.57. The number of pyridine rings is 2. The third-order valence-electron chi connectivity index (χ3n) is 4.30. The number of nitrogens with one attached hydrogen (secondary N) is 2. The number of fused-ring (bicyclic) bond motifs is 1. The minimum Gasteiger partial charge on any atom is -0.306 e. The van der Waals surface area contributed by atoms with Gasteiger partial charge in [-0.25, -0.2) is 19.3 Å². The number of aromatic nitrogens is 4. The van der Waals surface area contributed by atoms with Crippen LogP contribution in [0.2, 0.25) is 0 Å². The van der Waals surface area contributed by atoms with Gasteiger partial charge in [-0.1, -0.05) is 30.3 Å². The van der Waals surface area contributed by atoms with Gasteiger partial charge in [-0.05, 0) is 48.2 Å². The van der Waals surface area contributed by atoms with Crippen LogP contribution in [0.5, 0.6) is 0 Å². The number of aromatic amines is 1. The number of aryl methyl sites for hydroxylation is 2. The number of benzene rings is 1. The molecule has 134 valence electrons. The molecule has 0 spiro atoms. The van der Waals surface area contributed by atoms with E-state index in [2.05, 4.69) is 32.6 Å². The van der Waals surface area contributed by atoms with E-state index in [4.69, 9.17) is 0 Å². The van der Waals surface area contributed by atoms with Crippen LogP contribution < -0.4 is 11.0 Å². The summed E-state index contributed by atoms with van der Waals surface area (Å²) in [5.74, 6) is 0.0951. The summed E-state index contributed by atoms with van der Waals surface area (Å²) in [6.45, 7) is 0. The molecular weight excluding hydrogens is 342 g/mol. The SMILES string of the molecule is O=C(Nc1cc(CCc2ccccc2)ccn1)c1cccn2c(=O)[nH]nc12. The van der Waals surface area contributed by atoms with Gasteiger partial charge in [0.15, 0.2) is 5.65 Å². The second kappa shape index (κ2) is 7.25. The molecule has 1 amide bonds. The number of rotatable bonds is 5. The number of anilines is 1. The van der Waals surface area contributed by atoms with Gasteiger partial charge in [0.05, 0.1) is 5.56 Å². The Morgan fingerprint density at radius 1 is 1.04 bits per heavy atom. The molecule has 0 radical (unpaired) electrons. The van der Waals surface area contributed by atoms with E-state index in [1.54, 1.807) is 24.5 Å². The second-order valence-electron chi connectivity index (χ2n) is 6.13. The molecule has 0 fully saturated rings. The molecule has 27 heavy (non-hydrogen) atoms. The lowest BCUT2D eigenvalue weighted by atomic mass is 10.1. The fraction of sp³-hybridized carbons (Fsp3) is 0.100.